The van der Waals surface area contributed by atoms with E-state index in [1.54, 1.807) is 6.92 Å². The molecule has 0 aromatic carbocycles. The van der Waals surface area contributed by atoms with Crippen LogP contribution in [0.15, 0.2) is 22.3 Å². The lowest BCUT2D eigenvalue weighted by Gasteiger charge is -2.49. The highest BCUT2D eigenvalue weighted by Gasteiger charge is 2.54. The van der Waals surface area contributed by atoms with Gasteiger partial charge in [0.2, 0.25) is 6.61 Å². The molecule has 2 aliphatic heterocycles. The largest absolute Gasteiger partial charge is 0.477 e. The van der Waals surface area contributed by atoms with Crippen molar-refractivity contribution in [3.63, 3.8) is 0 Å². The van der Waals surface area contributed by atoms with E-state index in [9.17, 15) is 32.7 Å². The summed E-state index contributed by atoms with van der Waals surface area (Å²) in [7, 11) is 0. The van der Waals surface area contributed by atoms with Crippen LogP contribution >= 0.6 is 35.5 Å². The van der Waals surface area contributed by atoms with Crippen molar-refractivity contribution >= 4 is 64.1 Å². The van der Waals surface area contributed by atoms with E-state index in [-0.39, 0.29) is 34.2 Å². The van der Waals surface area contributed by atoms with E-state index in [1.807, 2.05) is 0 Å². The van der Waals surface area contributed by atoms with Crippen molar-refractivity contribution < 1.29 is 37.5 Å². The van der Waals surface area contributed by atoms with Gasteiger partial charge in [0, 0.05) is 10.6 Å². The predicted molar refractivity (Wildman–Crippen MR) is 108 cm³/mol. The van der Waals surface area contributed by atoms with Gasteiger partial charge in [0.05, 0.1) is 0 Å². The van der Waals surface area contributed by atoms with E-state index < -0.39 is 47.7 Å². The highest BCUT2D eigenvalue weighted by molar-refractivity contribution is 8.00. The number of thiazole rings is 1. The van der Waals surface area contributed by atoms with Gasteiger partial charge in [0.15, 0.2) is 10.8 Å². The lowest BCUT2D eigenvalue weighted by atomic mass is 10.0. The van der Waals surface area contributed by atoms with Gasteiger partial charge in [-0.25, -0.2) is 9.78 Å². The van der Waals surface area contributed by atoms with Crippen LogP contribution in [-0.2, 0) is 19.2 Å². The number of aliphatic carboxylic acids is 1. The number of fused-ring (bicyclic) bond motifs is 1. The molecule has 4 N–H and O–H groups in total. The number of anilines is 1. The van der Waals surface area contributed by atoms with Crippen molar-refractivity contribution in [3.8, 4) is 0 Å². The number of carboxylic acids is 1. The zero-order valence-corrected chi connectivity index (χ0v) is 17.9. The highest BCUT2D eigenvalue weighted by Crippen LogP contribution is 2.40. The number of carbonyl (C=O) groups excluding carboxylic acids is 2. The standard InChI is InChI=1S/C15H14F3N5O5S2.ClH/c1-5-2-7(13(26)27)23-11(25)9(12(23)30-5)21-10(24)8(6-3-29-14(19)20-6)22-28-4-15(16,17)18;/h2-3,5,9,12H,4H2,1H3,(H2,19,20)(H,21,24)(H,26,27);1H/b22-8-;/t5?,9?,12-;/m0./s1. The molecular formula is C15H15ClF3N5O5S2. The van der Waals surface area contributed by atoms with Crippen LogP contribution in [0.25, 0.3) is 0 Å². The Bertz CT molecular complexity index is 954. The number of nitrogens with two attached hydrogens (primary N) is 1. The second-order valence-corrected chi connectivity index (χ2v) is 8.54. The number of amides is 2. The number of nitrogen functional groups attached to an aromatic ring is 1. The molecule has 1 aromatic heterocycles. The summed E-state index contributed by atoms with van der Waals surface area (Å²) in [5.74, 6) is -2.97. The van der Waals surface area contributed by atoms with Crippen LogP contribution < -0.4 is 11.1 Å². The van der Waals surface area contributed by atoms with Gasteiger partial charge in [-0.15, -0.1) is 35.5 Å². The van der Waals surface area contributed by atoms with E-state index in [0.717, 1.165) is 16.2 Å². The highest BCUT2D eigenvalue weighted by atomic mass is 35.5. The molecule has 0 radical (unpaired) electrons. The Morgan fingerprint density at radius 1 is 1.45 bits per heavy atom. The van der Waals surface area contributed by atoms with Crippen LogP contribution in [0.5, 0.6) is 0 Å². The number of rotatable bonds is 6. The first kappa shape index (κ1) is 24.7. The fraction of sp³-hybridized carbons (Fsp3) is 0.400. The van der Waals surface area contributed by atoms with Crippen LogP contribution in [-0.4, -0.2) is 67.9 Å². The number of carbonyl (C=O) groups is 3. The average Bonchev–Trinajstić information content (AvgIpc) is 3.07. The SMILES string of the molecule is CC1C=C(C(=O)O)N2C(=O)C(NC(=O)/C(=N\OCC(F)(F)F)c3csc(N)n3)[C@@H]2S1.Cl. The number of oxime groups is 1. The molecule has 31 heavy (non-hydrogen) atoms. The number of hydrogen-bond acceptors (Lipinski definition) is 9. The third-order valence-electron chi connectivity index (χ3n) is 3.92. The number of alkyl halides is 3. The molecule has 2 aliphatic rings. The summed E-state index contributed by atoms with van der Waals surface area (Å²) in [5, 5.41) is 15.3. The minimum absolute atomic E-state index is 0. The summed E-state index contributed by atoms with van der Waals surface area (Å²) in [6, 6.07) is -1.10. The zero-order valence-electron chi connectivity index (χ0n) is 15.5. The minimum atomic E-state index is -4.68. The molecule has 0 bridgehead atoms. The van der Waals surface area contributed by atoms with Crippen molar-refractivity contribution in [3.05, 3.63) is 22.8 Å². The fourth-order valence-corrected chi connectivity index (χ4v) is 4.58. The first-order valence-electron chi connectivity index (χ1n) is 8.20. The molecule has 0 spiro atoms. The Hall–Kier alpha value is -2.52. The Balaban J connectivity index is 0.00000341. The maximum Gasteiger partial charge on any atom is 0.425 e. The zero-order chi connectivity index (χ0) is 22.2. The third kappa shape index (κ3) is 5.40. The van der Waals surface area contributed by atoms with Gasteiger partial charge >= 0.3 is 12.1 Å². The molecule has 10 nitrogen and oxygen atoms in total. The van der Waals surface area contributed by atoms with Gasteiger partial charge in [-0.05, 0) is 13.0 Å². The summed E-state index contributed by atoms with van der Waals surface area (Å²) < 4.78 is 37.0. The van der Waals surface area contributed by atoms with Gasteiger partial charge in [0.1, 0.15) is 22.8 Å². The Labute approximate surface area is 187 Å². The third-order valence-corrected chi connectivity index (χ3v) is 5.92. The molecule has 1 aromatic rings. The fourth-order valence-electron chi connectivity index (χ4n) is 2.71. The Morgan fingerprint density at radius 3 is 2.68 bits per heavy atom. The topological polar surface area (TPSA) is 147 Å². The Kier molecular flexibility index (Phi) is 7.44. The van der Waals surface area contributed by atoms with E-state index in [1.165, 1.54) is 23.2 Å². The van der Waals surface area contributed by atoms with Crippen molar-refractivity contribution in [2.45, 2.75) is 29.8 Å². The average molecular weight is 502 g/mol. The molecule has 2 unspecified atom stereocenters. The molecule has 3 atom stereocenters. The van der Waals surface area contributed by atoms with Crippen molar-refractivity contribution in [1.29, 1.82) is 0 Å². The number of β-lactam (4-membered cyclic amide) rings is 1. The number of hydrogen-bond donors (Lipinski definition) is 3. The summed E-state index contributed by atoms with van der Waals surface area (Å²) in [5.41, 5.74) is 4.57. The van der Waals surface area contributed by atoms with Gasteiger partial charge < -0.3 is 21.0 Å². The lowest BCUT2D eigenvalue weighted by Crippen LogP contribution is -2.71. The molecule has 3 rings (SSSR count). The number of nitrogens with one attached hydrogen (secondary N) is 1. The van der Waals surface area contributed by atoms with Gasteiger partial charge in [0.25, 0.3) is 11.8 Å². The van der Waals surface area contributed by atoms with Gasteiger partial charge in [-0.2, -0.15) is 13.2 Å². The van der Waals surface area contributed by atoms with Crippen LogP contribution in [0.1, 0.15) is 12.6 Å². The first-order chi connectivity index (χ1) is 14.0. The predicted octanol–water partition coefficient (Wildman–Crippen LogP) is 1.19. The molecule has 170 valence electrons. The lowest BCUT2D eigenvalue weighted by molar-refractivity contribution is -0.174. The summed E-state index contributed by atoms with van der Waals surface area (Å²) in [6.45, 7) is -0.00909. The summed E-state index contributed by atoms with van der Waals surface area (Å²) in [4.78, 5) is 45.4. The quantitative estimate of drug-likeness (QED) is 0.299. The van der Waals surface area contributed by atoms with Crippen molar-refractivity contribution in [1.82, 2.24) is 15.2 Å². The number of halogens is 4. The molecule has 16 heteroatoms. The van der Waals surface area contributed by atoms with E-state index in [0.29, 0.717) is 0 Å². The summed E-state index contributed by atoms with van der Waals surface area (Å²) >= 11 is 2.17. The number of thioether (sulfide) groups is 1. The van der Waals surface area contributed by atoms with Crippen molar-refractivity contribution in [2.24, 2.45) is 5.16 Å². The Morgan fingerprint density at radius 2 is 2.13 bits per heavy atom. The minimum Gasteiger partial charge on any atom is -0.477 e. The first-order valence-corrected chi connectivity index (χ1v) is 10.0. The van der Waals surface area contributed by atoms with Gasteiger partial charge in [-0.3, -0.25) is 14.5 Å². The number of aromatic nitrogens is 1. The van der Waals surface area contributed by atoms with Crippen LogP contribution in [0, 0.1) is 0 Å². The smallest absolute Gasteiger partial charge is 0.425 e. The second-order valence-electron chi connectivity index (χ2n) is 6.15. The van der Waals surface area contributed by atoms with E-state index >= 15 is 0 Å². The normalized spacial score (nSPS) is 23.2. The van der Waals surface area contributed by atoms with Crippen molar-refractivity contribution in [2.75, 3.05) is 12.3 Å². The molecule has 0 saturated carbocycles. The van der Waals surface area contributed by atoms with E-state index in [4.69, 9.17) is 5.73 Å². The van der Waals surface area contributed by atoms with Crippen LogP contribution in [0.2, 0.25) is 0 Å². The monoisotopic (exact) mass is 501 g/mol. The number of carboxylic acid groups (broad SMARTS) is 1. The second kappa shape index (κ2) is 9.32. The van der Waals surface area contributed by atoms with Crippen LogP contribution in [0.3, 0.4) is 0 Å². The molecule has 1 fully saturated rings. The molecule has 1 saturated heterocycles. The molecule has 2 amide bonds. The van der Waals surface area contributed by atoms with Crippen LogP contribution in [0.4, 0.5) is 18.3 Å². The maximum atomic E-state index is 12.6. The van der Waals surface area contributed by atoms with E-state index in [2.05, 4.69) is 20.3 Å². The number of nitrogens with zero attached hydrogens (tertiary/aromatic N) is 3. The molecule has 3 heterocycles. The maximum absolute atomic E-state index is 12.6. The molecule has 0 aliphatic carbocycles. The van der Waals surface area contributed by atoms with Gasteiger partial charge in [-0.1, -0.05) is 5.16 Å². The summed E-state index contributed by atoms with van der Waals surface area (Å²) in [6.07, 6.45) is -3.26. The molecular weight excluding hydrogens is 487 g/mol.